The van der Waals surface area contributed by atoms with Gasteiger partial charge in [0.1, 0.15) is 16.2 Å². The summed E-state index contributed by atoms with van der Waals surface area (Å²) < 4.78 is 5.42. The number of carbonyl (C=O) groups excluding carboxylic acids is 1. The first-order valence-electron chi connectivity index (χ1n) is 8.11. The summed E-state index contributed by atoms with van der Waals surface area (Å²) in [4.78, 5) is 40.7. The quantitative estimate of drug-likeness (QED) is 0.313. The number of aromatic amines is 1. The Hall–Kier alpha value is -2.78. The molecular formula is C18H14N4O3S2. The molecule has 3 heterocycles. The molecule has 0 radical (unpaired) electrons. The lowest BCUT2D eigenvalue weighted by molar-refractivity contribution is -0.145. The molecular weight excluding hydrogens is 384 g/mol. The van der Waals surface area contributed by atoms with Crippen LogP contribution < -0.4 is 5.56 Å². The minimum Gasteiger partial charge on any atom is -0.454 e. The Balaban J connectivity index is 1.45. The monoisotopic (exact) mass is 398 g/mol. The lowest BCUT2D eigenvalue weighted by atomic mass is 10.2. The van der Waals surface area contributed by atoms with Crippen LogP contribution in [-0.4, -0.2) is 31.7 Å². The van der Waals surface area contributed by atoms with Crippen molar-refractivity contribution in [1.29, 1.82) is 0 Å². The second kappa shape index (κ2) is 7.45. The molecule has 1 atom stereocenters. The number of H-pyrrole nitrogens is 1. The number of hydrogen-bond donors (Lipinski definition) is 1. The Morgan fingerprint density at radius 3 is 3.00 bits per heavy atom. The number of hydrogen-bond acceptors (Lipinski definition) is 8. The van der Waals surface area contributed by atoms with Crippen molar-refractivity contribution in [3.8, 4) is 0 Å². The topological polar surface area (TPSA) is 97.8 Å². The number of esters is 1. The predicted octanol–water partition coefficient (Wildman–Crippen LogP) is 3.32. The Morgan fingerprint density at radius 2 is 2.11 bits per heavy atom. The molecule has 0 bridgehead atoms. The summed E-state index contributed by atoms with van der Waals surface area (Å²) in [5, 5.41) is 4.10. The zero-order valence-electron chi connectivity index (χ0n) is 14.2. The first kappa shape index (κ1) is 17.6. The van der Waals surface area contributed by atoms with Crippen LogP contribution in [0.25, 0.3) is 21.1 Å². The number of thioether (sulfide) groups is 1. The van der Waals surface area contributed by atoms with Crippen LogP contribution in [0.2, 0.25) is 0 Å². The van der Waals surface area contributed by atoms with Crippen molar-refractivity contribution in [1.82, 2.24) is 19.9 Å². The van der Waals surface area contributed by atoms with E-state index in [-0.39, 0.29) is 11.3 Å². The minimum absolute atomic E-state index is 0.101. The van der Waals surface area contributed by atoms with E-state index in [0.717, 1.165) is 15.2 Å². The molecule has 0 amide bonds. The maximum atomic E-state index is 12.2. The van der Waals surface area contributed by atoms with Gasteiger partial charge >= 0.3 is 5.97 Å². The molecule has 0 saturated carbocycles. The number of carbonyl (C=O) groups is 1. The van der Waals surface area contributed by atoms with E-state index in [2.05, 4.69) is 19.9 Å². The van der Waals surface area contributed by atoms with Gasteiger partial charge in [-0.2, -0.15) is 0 Å². The van der Waals surface area contributed by atoms with Crippen LogP contribution in [0.1, 0.15) is 18.9 Å². The molecule has 0 saturated heterocycles. The third kappa shape index (κ3) is 3.69. The fraction of sp³-hybridized carbons (Fsp3) is 0.167. The SMILES string of the molecule is C[C@H](OC(=O)CSc1ncnc2sccc12)c1nc2ccccc2c(=O)[nH]1. The summed E-state index contributed by atoms with van der Waals surface area (Å²) in [6.45, 7) is 1.68. The highest BCUT2D eigenvalue weighted by Crippen LogP contribution is 2.28. The molecule has 0 unspecified atom stereocenters. The number of fused-ring (bicyclic) bond motifs is 2. The average Bonchev–Trinajstić information content (AvgIpc) is 3.15. The van der Waals surface area contributed by atoms with Crippen LogP contribution in [0.3, 0.4) is 0 Å². The van der Waals surface area contributed by atoms with Crippen LogP contribution in [0.15, 0.2) is 51.9 Å². The van der Waals surface area contributed by atoms with E-state index in [4.69, 9.17) is 4.74 Å². The van der Waals surface area contributed by atoms with Gasteiger partial charge in [0.25, 0.3) is 5.56 Å². The fourth-order valence-corrected chi connectivity index (χ4v) is 4.16. The van der Waals surface area contributed by atoms with Gasteiger partial charge in [0.2, 0.25) is 0 Å². The number of thiophene rings is 1. The molecule has 0 aliphatic rings. The Bertz CT molecular complexity index is 1190. The maximum Gasteiger partial charge on any atom is 0.317 e. The van der Waals surface area contributed by atoms with E-state index in [0.29, 0.717) is 16.7 Å². The molecule has 0 aliphatic carbocycles. The molecule has 4 aromatic rings. The predicted molar refractivity (Wildman–Crippen MR) is 105 cm³/mol. The van der Waals surface area contributed by atoms with Gasteiger partial charge in [-0.1, -0.05) is 23.9 Å². The van der Waals surface area contributed by atoms with Gasteiger partial charge in [-0.05, 0) is 30.5 Å². The lowest BCUT2D eigenvalue weighted by Gasteiger charge is -2.13. The van der Waals surface area contributed by atoms with Crippen molar-refractivity contribution in [2.24, 2.45) is 0 Å². The van der Waals surface area contributed by atoms with Gasteiger partial charge in [0, 0.05) is 5.39 Å². The second-order valence-electron chi connectivity index (χ2n) is 5.71. The number of benzene rings is 1. The van der Waals surface area contributed by atoms with Gasteiger partial charge < -0.3 is 9.72 Å². The van der Waals surface area contributed by atoms with Crippen molar-refractivity contribution in [2.75, 3.05) is 5.75 Å². The van der Waals surface area contributed by atoms with Crippen molar-refractivity contribution >= 4 is 50.2 Å². The normalized spacial score (nSPS) is 12.3. The van der Waals surface area contributed by atoms with Crippen molar-refractivity contribution in [3.63, 3.8) is 0 Å². The number of aromatic nitrogens is 4. The summed E-state index contributed by atoms with van der Waals surface area (Å²) in [5.41, 5.74) is 0.308. The van der Waals surface area contributed by atoms with Crippen LogP contribution in [0.5, 0.6) is 0 Å². The van der Waals surface area contributed by atoms with Crippen molar-refractivity contribution in [3.05, 3.63) is 58.2 Å². The largest absolute Gasteiger partial charge is 0.454 e. The number of nitrogens with one attached hydrogen (secondary N) is 1. The van der Waals surface area contributed by atoms with E-state index in [1.807, 2.05) is 11.4 Å². The third-order valence-electron chi connectivity index (χ3n) is 3.88. The first-order valence-corrected chi connectivity index (χ1v) is 9.98. The number of rotatable bonds is 5. The zero-order valence-corrected chi connectivity index (χ0v) is 15.8. The average molecular weight is 398 g/mol. The van der Waals surface area contributed by atoms with Crippen LogP contribution in [0.4, 0.5) is 0 Å². The summed E-state index contributed by atoms with van der Waals surface area (Å²) >= 11 is 2.82. The molecule has 3 aromatic heterocycles. The van der Waals surface area contributed by atoms with Crippen LogP contribution in [-0.2, 0) is 9.53 Å². The molecule has 0 fully saturated rings. The third-order valence-corrected chi connectivity index (χ3v) is 5.68. The Morgan fingerprint density at radius 1 is 1.26 bits per heavy atom. The highest BCUT2D eigenvalue weighted by Gasteiger charge is 2.16. The molecule has 9 heteroatoms. The molecule has 4 rings (SSSR count). The number of para-hydroxylation sites is 1. The highest BCUT2D eigenvalue weighted by atomic mass is 32.2. The van der Waals surface area contributed by atoms with Gasteiger partial charge in [-0.3, -0.25) is 9.59 Å². The zero-order chi connectivity index (χ0) is 18.8. The van der Waals surface area contributed by atoms with E-state index in [9.17, 15) is 9.59 Å². The van der Waals surface area contributed by atoms with E-state index >= 15 is 0 Å². The van der Waals surface area contributed by atoms with Gasteiger partial charge in [-0.25, -0.2) is 15.0 Å². The molecule has 0 aliphatic heterocycles. The Labute approximate surface area is 161 Å². The van der Waals surface area contributed by atoms with E-state index < -0.39 is 12.1 Å². The minimum atomic E-state index is -0.665. The summed E-state index contributed by atoms with van der Waals surface area (Å²) in [6, 6.07) is 8.96. The number of ether oxygens (including phenoxy) is 1. The highest BCUT2D eigenvalue weighted by molar-refractivity contribution is 8.00. The molecule has 0 spiro atoms. The number of nitrogens with zero attached hydrogens (tertiary/aromatic N) is 3. The molecule has 1 aromatic carbocycles. The summed E-state index contributed by atoms with van der Waals surface area (Å²) in [7, 11) is 0. The summed E-state index contributed by atoms with van der Waals surface area (Å²) in [5.74, 6) is 0.00835. The fourth-order valence-electron chi connectivity index (χ4n) is 2.59. The van der Waals surface area contributed by atoms with Gasteiger partial charge in [-0.15, -0.1) is 11.3 Å². The molecule has 7 nitrogen and oxygen atoms in total. The molecule has 136 valence electrons. The summed E-state index contributed by atoms with van der Waals surface area (Å²) in [6.07, 6.45) is 0.820. The van der Waals surface area contributed by atoms with Gasteiger partial charge in [0.15, 0.2) is 11.9 Å². The Kier molecular flexibility index (Phi) is 4.87. The standard InChI is InChI=1S/C18H14N4O3S2/c1-10(15-21-13-5-3-2-4-11(13)16(24)22-15)25-14(23)8-27-18-12-6-7-26-17(12)19-9-20-18/h2-7,9-10H,8H2,1H3,(H,21,22,24)/t10-/m0/s1. The van der Waals surface area contributed by atoms with Gasteiger partial charge in [0.05, 0.1) is 16.7 Å². The molecule has 27 heavy (non-hydrogen) atoms. The second-order valence-corrected chi connectivity index (χ2v) is 7.57. The van der Waals surface area contributed by atoms with Crippen LogP contribution >= 0.6 is 23.1 Å². The lowest BCUT2D eigenvalue weighted by Crippen LogP contribution is -2.18. The maximum absolute atomic E-state index is 12.2. The van der Waals surface area contributed by atoms with Crippen LogP contribution in [0, 0.1) is 0 Å². The van der Waals surface area contributed by atoms with Crippen molar-refractivity contribution in [2.45, 2.75) is 18.1 Å². The van der Waals surface area contributed by atoms with E-state index in [1.165, 1.54) is 29.4 Å². The first-order chi connectivity index (χ1) is 13.1. The smallest absolute Gasteiger partial charge is 0.317 e. The van der Waals surface area contributed by atoms with E-state index in [1.54, 1.807) is 31.2 Å². The molecule has 1 N–H and O–H groups in total. The van der Waals surface area contributed by atoms with Crippen molar-refractivity contribution < 1.29 is 9.53 Å².